The smallest absolute Gasteiger partial charge is 0.135 e. The minimum absolute atomic E-state index is 0.708. The zero-order valence-corrected chi connectivity index (χ0v) is 6.94. The lowest BCUT2D eigenvalue weighted by Gasteiger charge is -2.16. The number of hydrogen-bond acceptors (Lipinski definition) is 3. The van der Waals surface area contributed by atoms with Crippen LogP contribution in [-0.4, -0.2) is 23.5 Å². The van der Waals surface area contributed by atoms with E-state index in [-0.39, 0.29) is 0 Å². The van der Waals surface area contributed by atoms with Crippen LogP contribution in [0.2, 0.25) is 0 Å². The monoisotopic (exact) mass is 167 g/mol. The van der Waals surface area contributed by atoms with Crippen molar-refractivity contribution in [1.29, 1.82) is 0 Å². The van der Waals surface area contributed by atoms with Crippen LogP contribution >= 0.6 is 0 Å². The minimum atomic E-state index is -0.910. The van der Waals surface area contributed by atoms with E-state index in [9.17, 15) is 10.2 Å². The van der Waals surface area contributed by atoms with Crippen LogP contribution < -0.4 is 5.32 Å². The molecule has 3 nitrogen and oxygen atoms in total. The predicted octanol–water partition coefficient (Wildman–Crippen LogP) is 0.258. The molecule has 3 heteroatoms. The molecule has 0 heterocycles. The molecule has 3 N–H and O–H groups in total. The van der Waals surface area contributed by atoms with E-state index >= 15 is 0 Å². The SMILES string of the molecule is CNC(O)C(O)c1ccccc1. The van der Waals surface area contributed by atoms with E-state index < -0.39 is 12.3 Å². The van der Waals surface area contributed by atoms with Crippen molar-refractivity contribution in [2.75, 3.05) is 7.05 Å². The number of aliphatic hydroxyl groups excluding tert-OH is 2. The van der Waals surface area contributed by atoms with Gasteiger partial charge in [0.25, 0.3) is 0 Å². The maximum Gasteiger partial charge on any atom is 0.135 e. The molecule has 0 saturated heterocycles. The first-order valence-corrected chi connectivity index (χ1v) is 3.84. The van der Waals surface area contributed by atoms with Crippen LogP contribution in [0.15, 0.2) is 30.3 Å². The van der Waals surface area contributed by atoms with Crippen LogP contribution in [0, 0.1) is 0 Å². The highest BCUT2D eigenvalue weighted by molar-refractivity contribution is 5.17. The van der Waals surface area contributed by atoms with E-state index in [0.29, 0.717) is 5.56 Å². The van der Waals surface area contributed by atoms with E-state index in [1.165, 1.54) is 0 Å². The molecule has 0 bridgehead atoms. The van der Waals surface area contributed by atoms with Crippen LogP contribution in [0.25, 0.3) is 0 Å². The van der Waals surface area contributed by atoms with E-state index in [0.717, 1.165) is 0 Å². The van der Waals surface area contributed by atoms with Gasteiger partial charge in [-0.1, -0.05) is 30.3 Å². The number of nitrogens with one attached hydrogen (secondary N) is 1. The zero-order chi connectivity index (χ0) is 8.97. The fraction of sp³-hybridized carbons (Fsp3) is 0.333. The second-order valence-electron chi connectivity index (χ2n) is 2.59. The standard InChI is InChI=1S/C9H13NO2/c1-10-9(12)8(11)7-5-3-2-4-6-7/h2-6,8-12H,1H3. The fourth-order valence-electron chi connectivity index (χ4n) is 0.990. The van der Waals surface area contributed by atoms with Crippen molar-refractivity contribution in [3.8, 4) is 0 Å². The average molecular weight is 167 g/mol. The van der Waals surface area contributed by atoms with Gasteiger partial charge < -0.3 is 10.2 Å². The Kier molecular flexibility index (Phi) is 3.22. The van der Waals surface area contributed by atoms with Crippen molar-refractivity contribution in [3.63, 3.8) is 0 Å². The Morgan fingerprint density at radius 1 is 1.17 bits per heavy atom. The molecule has 0 radical (unpaired) electrons. The molecule has 0 aliphatic heterocycles. The third-order valence-corrected chi connectivity index (χ3v) is 1.74. The molecule has 66 valence electrons. The van der Waals surface area contributed by atoms with Crippen molar-refractivity contribution in [1.82, 2.24) is 5.32 Å². The topological polar surface area (TPSA) is 52.5 Å². The van der Waals surface area contributed by atoms with Gasteiger partial charge in [-0.15, -0.1) is 0 Å². The van der Waals surface area contributed by atoms with Gasteiger partial charge in [-0.3, -0.25) is 5.32 Å². The Labute approximate surface area is 71.7 Å². The van der Waals surface area contributed by atoms with Gasteiger partial charge in [-0.2, -0.15) is 0 Å². The highest BCUT2D eigenvalue weighted by Crippen LogP contribution is 2.13. The fourth-order valence-corrected chi connectivity index (χ4v) is 0.990. The highest BCUT2D eigenvalue weighted by atomic mass is 16.3. The Morgan fingerprint density at radius 2 is 1.75 bits per heavy atom. The third kappa shape index (κ3) is 2.04. The van der Waals surface area contributed by atoms with Crippen LogP contribution in [-0.2, 0) is 0 Å². The number of hydrogen-bond donors (Lipinski definition) is 3. The van der Waals surface area contributed by atoms with E-state index in [1.807, 2.05) is 18.2 Å². The van der Waals surface area contributed by atoms with E-state index in [1.54, 1.807) is 19.2 Å². The molecule has 0 aliphatic rings. The molecule has 1 rings (SSSR count). The van der Waals surface area contributed by atoms with Crippen LogP contribution in [0.5, 0.6) is 0 Å². The highest BCUT2D eigenvalue weighted by Gasteiger charge is 2.14. The van der Waals surface area contributed by atoms with Crippen molar-refractivity contribution >= 4 is 0 Å². The number of benzene rings is 1. The molecule has 2 atom stereocenters. The summed E-state index contributed by atoms with van der Waals surface area (Å²) in [5, 5.41) is 21.3. The molecule has 1 aromatic carbocycles. The van der Waals surface area contributed by atoms with Gasteiger partial charge >= 0.3 is 0 Å². The minimum Gasteiger partial charge on any atom is -0.384 e. The molecule has 0 amide bonds. The van der Waals surface area contributed by atoms with Crippen LogP contribution in [0.3, 0.4) is 0 Å². The van der Waals surface area contributed by atoms with Gasteiger partial charge in [0.2, 0.25) is 0 Å². The first-order chi connectivity index (χ1) is 5.75. The molecular formula is C9H13NO2. The summed E-state index contributed by atoms with van der Waals surface area (Å²) < 4.78 is 0. The number of likely N-dealkylation sites (N-methyl/N-ethyl adjacent to an activating group) is 1. The molecule has 0 saturated carbocycles. The van der Waals surface area contributed by atoms with Crippen LogP contribution in [0.1, 0.15) is 11.7 Å². The first-order valence-electron chi connectivity index (χ1n) is 3.84. The Balaban J connectivity index is 2.71. The van der Waals surface area contributed by atoms with Crippen molar-refractivity contribution < 1.29 is 10.2 Å². The lowest BCUT2D eigenvalue weighted by Crippen LogP contribution is -2.31. The van der Waals surface area contributed by atoms with Gasteiger partial charge in [0.1, 0.15) is 12.3 Å². The van der Waals surface area contributed by atoms with Gasteiger partial charge in [-0.25, -0.2) is 0 Å². The molecule has 12 heavy (non-hydrogen) atoms. The number of aliphatic hydroxyl groups is 2. The zero-order valence-electron chi connectivity index (χ0n) is 6.94. The van der Waals surface area contributed by atoms with E-state index in [4.69, 9.17) is 0 Å². The summed E-state index contributed by atoms with van der Waals surface area (Å²) in [6.07, 6.45) is -1.77. The maximum absolute atomic E-state index is 9.48. The lowest BCUT2D eigenvalue weighted by molar-refractivity contribution is 0.00189. The summed E-state index contributed by atoms with van der Waals surface area (Å²) >= 11 is 0. The predicted molar refractivity (Wildman–Crippen MR) is 46.5 cm³/mol. The molecule has 0 aromatic heterocycles. The summed E-state index contributed by atoms with van der Waals surface area (Å²) in [5.74, 6) is 0. The van der Waals surface area contributed by atoms with Crippen molar-refractivity contribution in [3.05, 3.63) is 35.9 Å². The molecule has 0 aliphatic carbocycles. The second kappa shape index (κ2) is 4.21. The quantitative estimate of drug-likeness (QED) is 0.566. The lowest BCUT2D eigenvalue weighted by atomic mass is 10.1. The van der Waals surface area contributed by atoms with Crippen molar-refractivity contribution in [2.24, 2.45) is 0 Å². The molecule has 0 spiro atoms. The first kappa shape index (κ1) is 9.19. The molecule has 0 fully saturated rings. The van der Waals surface area contributed by atoms with Gasteiger partial charge in [0, 0.05) is 0 Å². The van der Waals surface area contributed by atoms with Gasteiger partial charge in [-0.05, 0) is 12.6 Å². The summed E-state index contributed by atoms with van der Waals surface area (Å²) in [7, 11) is 1.59. The summed E-state index contributed by atoms with van der Waals surface area (Å²) in [6.45, 7) is 0. The summed E-state index contributed by atoms with van der Waals surface area (Å²) in [6, 6.07) is 9.04. The molecule has 2 unspecified atom stereocenters. The van der Waals surface area contributed by atoms with Gasteiger partial charge in [0.05, 0.1) is 0 Å². The maximum atomic E-state index is 9.48. The van der Waals surface area contributed by atoms with E-state index in [2.05, 4.69) is 5.32 Å². The average Bonchev–Trinajstić information content (AvgIpc) is 2.17. The second-order valence-corrected chi connectivity index (χ2v) is 2.59. The Morgan fingerprint density at radius 3 is 2.25 bits per heavy atom. The third-order valence-electron chi connectivity index (χ3n) is 1.74. The van der Waals surface area contributed by atoms with Crippen molar-refractivity contribution in [2.45, 2.75) is 12.3 Å². The van der Waals surface area contributed by atoms with Gasteiger partial charge in [0.15, 0.2) is 0 Å². The Hall–Kier alpha value is -0.900. The summed E-state index contributed by atoms with van der Waals surface area (Å²) in [5.41, 5.74) is 0.708. The largest absolute Gasteiger partial charge is 0.384 e. The molecule has 1 aromatic rings. The van der Waals surface area contributed by atoms with Crippen LogP contribution in [0.4, 0.5) is 0 Å². The Bertz CT molecular complexity index is 225. The summed E-state index contributed by atoms with van der Waals surface area (Å²) in [4.78, 5) is 0. The normalized spacial score (nSPS) is 15.6. The molecular weight excluding hydrogens is 154 g/mol. The number of rotatable bonds is 3.